The van der Waals surface area contributed by atoms with Crippen LogP contribution in [0.25, 0.3) is 132 Å². The number of benzene rings is 11. The smallest absolute Gasteiger partial charge is 0.164 e. The molecule has 2 aromatic heterocycles. The maximum absolute atomic E-state index is 5.29. The van der Waals surface area contributed by atoms with Gasteiger partial charge >= 0.3 is 0 Å². The van der Waals surface area contributed by atoms with Crippen LogP contribution in [0.4, 0.5) is 0 Å². The molecule has 65 heavy (non-hydrogen) atoms. The van der Waals surface area contributed by atoms with Crippen molar-refractivity contribution in [1.82, 2.24) is 19.9 Å². The number of fused-ring (bicyclic) bond motifs is 9. The van der Waals surface area contributed by atoms with Crippen molar-refractivity contribution in [3.05, 3.63) is 224 Å². The molecule has 4 nitrogen and oxygen atoms in total. The van der Waals surface area contributed by atoms with Gasteiger partial charge in [0.2, 0.25) is 0 Å². The summed E-state index contributed by atoms with van der Waals surface area (Å²) in [6.07, 6.45) is 0. The summed E-state index contributed by atoms with van der Waals surface area (Å²) in [5.74, 6) is 1.87. The third kappa shape index (κ3) is 6.34. The predicted octanol–water partition coefficient (Wildman–Crippen LogP) is 16.1. The second-order valence-corrected chi connectivity index (χ2v) is 16.9. The zero-order valence-electron chi connectivity index (χ0n) is 35.2. The minimum atomic E-state index is 0.619. The van der Waals surface area contributed by atoms with Gasteiger partial charge in [-0.2, -0.15) is 0 Å². The summed E-state index contributed by atoms with van der Waals surface area (Å²) < 4.78 is 0. The molecule has 2 heterocycles. The molecule has 0 aliphatic carbocycles. The van der Waals surface area contributed by atoms with Crippen LogP contribution in [0.15, 0.2) is 224 Å². The van der Waals surface area contributed by atoms with E-state index in [4.69, 9.17) is 15.0 Å². The van der Waals surface area contributed by atoms with Gasteiger partial charge in [-0.25, -0.2) is 15.0 Å². The van der Waals surface area contributed by atoms with Gasteiger partial charge in [0, 0.05) is 38.5 Å². The molecule has 4 heteroatoms. The lowest BCUT2D eigenvalue weighted by Gasteiger charge is -2.13. The highest BCUT2D eigenvalue weighted by molar-refractivity contribution is 6.19. The highest BCUT2D eigenvalue weighted by Gasteiger charge is 2.20. The van der Waals surface area contributed by atoms with Crippen LogP contribution in [0.2, 0.25) is 0 Å². The summed E-state index contributed by atoms with van der Waals surface area (Å²) in [6, 6.07) is 80.3. The number of H-pyrrole nitrogens is 1. The highest BCUT2D eigenvalue weighted by atomic mass is 15.0. The summed E-state index contributed by atoms with van der Waals surface area (Å²) >= 11 is 0. The molecular formula is C61H38N4. The Hall–Kier alpha value is -8.73. The average molecular weight is 827 g/mol. The first-order valence-corrected chi connectivity index (χ1v) is 22.1. The Kier molecular flexibility index (Phi) is 8.50. The van der Waals surface area contributed by atoms with Crippen molar-refractivity contribution in [1.29, 1.82) is 0 Å². The van der Waals surface area contributed by atoms with Crippen LogP contribution in [0.5, 0.6) is 0 Å². The van der Waals surface area contributed by atoms with Crippen molar-refractivity contribution in [3.8, 4) is 67.5 Å². The molecular weight excluding hydrogens is 789 g/mol. The second-order valence-electron chi connectivity index (χ2n) is 16.9. The largest absolute Gasteiger partial charge is 0.354 e. The van der Waals surface area contributed by atoms with Crippen LogP contribution >= 0.6 is 0 Å². The zero-order chi connectivity index (χ0) is 42.8. The van der Waals surface area contributed by atoms with Gasteiger partial charge in [0.15, 0.2) is 17.5 Å². The summed E-state index contributed by atoms with van der Waals surface area (Å²) in [4.78, 5) is 19.6. The Bertz CT molecular complexity index is 3980. The third-order valence-corrected chi connectivity index (χ3v) is 13.0. The minimum Gasteiger partial charge on any atom is -0.354 e. The molecule has 0 unspecified atom stereocenters. The summed E-state index contributed by atoms with van der Waals surface area (Å²) in [5.41, 5.74) is 11.8. The Morgan fingerprint density at radius 1 is 0.262 bits per heavy atom. The first-order valence-electron chi connectivity index (χ1n) is 22.1. The minimum absolute atomic E-state index is 0.619. The van der Waals surface area contributed by atoms with Gasteiger partial charge in [0.25, 0.3) is 0 Å². The lowest BCUT2D eigenvalue weighted by molar-refractivity contribution is 1.08. The van der Waals surface area contributed by atoms with Crippen molar-refractivity contribution in [2.45, 2.75) is 0 Å². The number of nitrogens with one attached hydrogen (secondary N) is 1. The Morgan fingerprint density at radius 3 is 1.38 bits per heavy atom. The van der Waals surface area contributed by atoms with Crippen LogP contribution in [0.3, 0.4) is 0 Å². The van der Waals surface area contributed by atoms with Gasteiger partial charge in [0.05, 0.1) is 5.52 Å². The fourth-order valence-corrected chi connectivity index (χ4v) is 9.77. The number of rotatable bonds is 6. The van der Waals surface area contributed by atoms with Crippen molar-refractivity contribution in [3.63, 3.8) is 0 Å². The van der Waals surface area contributed by atoms with Gasteiger partial charge in [0.1, 0.15) is 0 Å². The predicted molar refractivity (Wildman–Crippen MR) is 272 cm³/mol. The SMILES string of the molecule is c1ccc(-c2ccc(-c3nc(-c4ccccc4)nc(-c4cccc5[nH]c6c(-c7ccc8ccc9ccccc9c8c7)cc(-c7ccc8ccc9ccccc9c8c7)cc6c45)n3)cc2)cc1. The molecule has 0 atom stereocenters. The first-order chi connectivity index (χ1) is 32.2. The fourth-order valence-electron chi connectivity index (χ4n) is 9.77. The standard InChI is InChI=1S/C61H38N4/c1-3-12-38(13-4-1)39-22-30-45(31-23-39)60-63-59(44-16-5-2-6-17-44)64-61(65-60)51-20-11-21-56-57(51)55-37-48(46-32-28-42-26-24-40-14-7-9-18-49(40)52(42)34-46)36-54(58(55)62-56)47-33-29-43-27-25-41-15-8-10-19-50(41)53(43)35-47/h1-37,62H. The topological polar surface area (TPSA) is 54.5 Å². The number of hydrogen-bond acceptors (Lipinski definition) is 3. The highest BCUT2D eigenvalue weighted by Crippen LogP contribution is 2.43. The quantitative estimate of drug-likeness (QED) is 0.170. The Balaban J connectivity index is 1.06. The molecule has 0 fully saturated rings. The maximum atomic E-state index is 5.29. The molecule has 0 amide bonds. The molecule has 0 bridgehead atoms. The van der Waals surface area contributed by atoms with Crippen LogP contribution in [-0.4, -0.2) is 19.9 Å². The van der Waals surface area contributed by atoms with Gasteiger partial charge in [-0.3, -0.25) is 0 Å². The second kappa shape index (κ2) is 15.0. The monoisotopic (exact) mass is 826 g/mol. The molecule has 0 radical (unpaired) electrons. The van der Waals surface area contributed by atoms with E-state index in [1.54, 1.807) is 0 Å². The van der Waals surface area contributed by atoms with Crippen molar-refractivity contribution in [2.75, 3.05) is 0 Å². The van der Waals surface area contributed by atoms with E-state index in [0.717, 1.165) is 66.3 Å². The lowest BCUT2D eigenvalue weighted by atomic mass is 9.91. The van der Waals surface area contributed by atoms with E-state index in [1.165, 1.54) is 48.7 Å². The summed E-state index contributed by atoms with van der Waals surface area (Å²) in [6.45, 7) is 0. The molecule has 13 aromatic rings. The van der Waals surface area contributed by atoms with Crippen molar-refractivity contribution in [2.24, 2.45) is 0 Å². The average Bonchev–Trinajstić information content (AvgIpc) is 3.77. The van der Waals surface area contributed by atoms with E-state index in [-0.39, 0.29) is 0 Å². The van der Waals surface area contributed by atoms with Crippen molar-refractivity contribution < 1.29 is 0 Å². The third-order valence-electron chi connectivity index (χ3n) is 13.0. The van der Waals surface area contributed by atoms with Crippen LogP contribution in [0.1, 0.15) is 0 Å². The lowest BCUT2D eigenvalue weighted by Crippen LogP contribution is -2.00. The van der Waals surface area contributed by atoms with Crippen LogP contribution in [-0.2, 0) is 0 Å². The molecule has 0 saturated carbocycles. The summed E-state index contributed by atoms with van der Waals surface area (Å²) in [5, 5.41) is 12.0. The molecule has 0 spiro atoms. The normalized spacial score (nSPS) is 11.7. The van der Waals surface area contributed by atoms with Gasteiger partial charge in [-0.05, 0) is 101 Å². The Labute approximate surface area is 375 Å². The van der Waals surface area contributed by atoms with E-state index < -0.39 is 0 Å². The first kappa shape index (κ1) is 36.9. The number of aromatic amines is 1. The van der Waals surface area contributed by atoms with Crippen LogP contribution in [0, 0.1) is 0 Å². The van der Waals surface area contributed by atoms with E-state index in [0.29, 0.717) is 17.5 Å². The maximum Gasteiger partial charge on any atom is 0.164 e. The molecule has 302 valence electrons. The molecule has 0 saturated heterocycles. The van der Waals surface area contributed by atoms with E-state index >= 15 is 0 Å². The van der Waals surface area contributed by atoms with E-state index in [1.807, 2.05) is 24.3 Å². The van der Waals surface area contributed by atoms with Crippen molar-refractivity contribution >= 4 is 64.9 Å². The van der Waals surface area contributed by atoms with Crippen LogP contribution < -0.4 is 0 Å². The molecule has 1 N–H and O–H groups in total. The zero-order valence-corrected chi connectivity index (χ0v) is 35.2. The van der Waals surface area contributed by atoms with E-state index in [2.05, 4.69) is 205 Å². The number of aromatic nitrogens is 4. The van der Waals surface area contributed by atoms with Gasteiger partial charge < -0.3 is 4.98 Å². The fraction of sp³-hybridized carbons (Fsp3) is 0. The number of nitrogens with zero attached hydrogens (tertiary/aromatic N) is 3. The Morgan fingerprint density at radius 2 is 0.723 bits per heavy atom. The molecule has 0 aliphatic rings. The van der Waals surface area contributed by atoms with Gasteiger partial charge in [-0.1, -0.05) is 194 Å². The molecule has 13 rings (SSSR count). The number of hydrogen-bond donors (Lipinski definition) is 1. The molecule has 0 aliphatic heterocycles. The van der Waals surface area contributed by atoms with E-state index in [9.17, 15) is 0 Å². The molecule has 11 aromatic carbocycles. The summed E-state index contributed by atoms with van der Waals surface area (Å²) in [7, 11) is 0. The van der Waals surface area contributed by atoms with Gasteiger partial charge in [-0.15, -0.1) is 0 Å².